The van der Waals surface area contributed by atoms with Crippen molar-refractivity contribution in [2.75, 3.05) is 85.7 Å². The van der Waals surface area contributed by atoms with Crippen LogP contribution in [0.5, 0.6) is 5.75 Å². The fourth-order valence-electron chi connectivity index (χ4n) is 3.51. The number of carbonyl (C=O) groups excluding carboxylic acids is 2. The number of ether oxygens (including phenoxy) is 6. The van der Waals surface area contributed by atoms with Crippen molar-refractivity contribution in [3.8, 4) is 23.0 Å². The molecule has 0 spiro atoms. The summed E-state index contributed by atoms with van der Waals surface area (Å²) < 4.78 is 33.6. The van der Waals surface area contributed by atoms with Crippen molar-refractivity contribution in [2.24, 2.45) is 5.92 Å². The Morgan fingerprint density at radius 1 is 0.913 bits per heavy atom. The van der Waals surface area contributed by atoms with E-state index in [-0.39, 0.29) is 50.7 Å². The summed E-state index contributed by atoms with van der Waals surface area (Å²) in [5, 5.41) is 20.1. The van der Waals surface area contributed by atoms with E-state index in [2.05, 4.69) is 41.6 Å². The molecule has 0 heterocycles. The number of thioether (sulfide) groups is 1. The second kappa shape index (κ2) is 26.2. The topological polar surface area (TPSA) is 149 Å². The molecule has 0 aromatic heterocycles. The second-order valence-electron chi connectivity index (χ2n) is 10.9. The molecule has 0 radical (unpaired) electrons. The molecule has 0 aliphatic rings. The molecule has 1 rings (SSSR count). The Bertz CT molecular complexity index is 1090. The van der Waals surface area contributed by atoms with E-state index in [9.17, 15) is 14.9 Å². The van der Waals surface area contributed by atoms with Gasteiger partial charge < -0.3 is 44.4 Å². The third-order valence-corrected chi connectivity index (χ3v) is 6.54. The predicted octanol–water partition coefficient (Wildman–Crippen LogP) is 2.97. The summed E-state index contributed by atoms with van der Waals surface area (Å²) in [5.41, 5.74) is 0.429. The van der Waals surface area contributed by atoms with Crippen LogP contribution in [0.25, 0.3) is 0 Å². The van der Waals surface area contributed by atoms with Crippen molar-refractivity contribution in [1.29, 1.82) is 5.26 Å². The molecular formula is C33H52N4O8S. The Morgan fingerprint density at radius 3 is 2.30 bits per heavy atom. The molecule has 12 nitrogen and oxygen atoms in total. The molecule has 258 valence electrons. The van der Waals surface area contributed by atoms with Crippen LogP contribution in [-0.4, -0.2) is 108 Å². The van der Waals surface area contributed by atoms with Gasteiger partial charge in [-0.3, -0.25) is 9.59 Å². The highest BCUT2D eigenvalue weighted by atomic mass is 32.2. The van der Waals surface area contributed by atoms with E-state index in [0.717, 1.165) is 24.7 Å². The van der Waals surface area contributed by atoms with Gasteiger partial charge in [-0.25, -0.2) is 0 Å². The highest BCUT2D eigenvalue weighted by molar-refractivity contribution is 8.04. The molecule has 0 aliphatic carbocycles. The Hall–Kier alpha value is -2.88. The van der Waals surface area contributed by atoms with Gasteiger partial charge in [0.1, 0.15) is 24.4 Å². The van der Waals surface area contributed by atoms with Crippen LogP contribution in [-0.2, 0) is 28.5 Å². The van der Waals surface area contributed by atoms with Crippen molar-refractivity contribution >= 4 is 23.6 Å². The molecule has 3 N–H and O–H groups in total. The van der Waals surface area contributed by atoms with Gasteiger partial charge in [-0.1, -0.05) is 45.6 Å². The van der Waals surface area contributed by atoms with E-state index in [1.165, 1.54) is 0 Å². The van der Waals surface area contributed by atoms with E-state index in [1.807, 2.05) is 19.2 Å². The number of rotatable bonds is 26. The number of amides is 2. The average Bonchev–Trinajstić information content (AvgIpc) is 3.02. The van der Waals surface area contributed by atoms with Crippen LogP contribution < -0.4 is 20.7 Å². The van der Waals surface area contributed by atoms with E-state index in [1.54, 1.807) is 31.2 Å². The normalized spacial score (nSPS) is 12.2. The largest absolute Gasteiger partial charge is 0.490 e. The van der Waals surface area contributed by atoms with Crippen molar-refractivity contribution in [1.82, 2.24) is 16.0 Å². The fourth-order valence-corrected chi connectivity index (χ4v) is 3.97. The molecule has 13 heteroatoms. The van der Waals surface area contributed by atoms with Crippen LogP contribution >= 0.6 is 11.8 Å². The Morgan fingerprint density at radius 2 is 1.61 bits per heavy atom. The van der Waals surface area contributed by atoms with Crippen molar-refractivity contribution in [2.45, 2.75) is 52.0 Å². The highest BCUT2D eigenvalue weighted by Crippen LogP contribution is 2.27. The molecule has 1 atom stereocenters. The van der Waals surface area contributed by atoms with Crippen molar-refractivity contribution in [3.05, 3.63) is 29.8 Å². The molecule has 0 fully saturated rings. The van der Waals surface area contributed by atoms with Gasteiger partial charge >= 0.3 is 0 Å². The van der Waals surface area contributed by atoms with Gasteiger partial charge in [-0.05, 0) is 49.9 Å². The summed E-state index contributed by atoms with van der Waals surface area (Å²) >= 11 is 0.913. The summed E-state index contributed by atoms with van der Waals surface area (Å²) in [6.07, 6.45) is 0.969. The third-order valence-electron chi connectivity index (χ3n) is 5.79. The van der Waals surface area contributed by atoms with Gasteiger partial charge in [0.25, 0.3) is 5.91 Å². The van der Waals surface area contributed by atoms with Crippen molar-refractivity contribution < 1.29 is 38.0 Å². The minimum Gasteiger partial charge on any atom is -0.490 e. The van der Waals surface area contributed by atoms with Gasteiger partial charge in [0.15, 0.2) is 4.93 Å². The zero-order valence-electron chi connectivity index (χ0n) is 28.0. The van der Waals surface area contributed by atoms with Gasteiger partial charge in [0.05, 0.1) is 52.8 Å². The quantitative estimate of drug-likeness (QED) is 0.0581. The summed E-state index contributed by atoms with van der Waals surface area (Å²) in [7, 11) is 0. The molecule has 1 aromatic carbocycles. The molecule has 0 saturated heterocycles. The highest BCUT2D eigenvalue weighted by Gasteiger charge is 2.28. The Kier molecular flexibility index (Phi) is 23.4. The Labute approximate surface area is 278 Å². The number of nitriles is 1. The standard InChI is InChI=1S/C33H52N4O8S/c1-27(2)9-7-12-36-31(38)24-43-21-22-45-33(5,46-26-34)25-44-30-11-6-10-29(23-30)32(39)37-14-16-41-18-20-42-19-17-40-15-8-13-35-28(3)4/h6,10-11,23,27-28,35H,8,12-22,24-25H2,1-5H3,(H,36,38)(H,37,39). The van der Waals surface area contributed by atoms with Crippen molar-refractivity contribution in [3.63, 3.8) is 0 Å². The van der Waals surface area contributed by atoms with E-state index in [0.29, 0.717) is 63.5 Å². The molecule has 1 aromatic rings. The van der Waals surface area contributed by atoms with E-state index in [4.69, 9.17) is 28.4 Å². The summed E-state index contributed by atoms with van der Waals surface area (Å²) in [4.78, 5) is 23.4. The van der Waals surface area contributed by atoms with Crippen LogP contribution in [0.4, 0.5) is 0 Å². The maximum absolute atomic E-state index is 12.6. The maximum Gasteiger partial charge on any atom is 0.251 e. The molecule has 0 aliphatic heterocycles. The van der Waals surface area contributed by atoms with Gasteiger partial charge in [0.2, 0.25) is 5.91 Å². The number of hydrogen-bond donors (Lipinski definition) is 3. The predicted molar refractivity (Wildman–Crippen MR) is 178 cm³/mol. The van der Waals surface area contributed by atoms with Gasteiger partial charge in [0, 0.05) is 30.7 Å². The van der Waals surface area contributed by atoms with Gasteiger partial charge in [-0.15, -0.1) is 0 Å². The number of thiocyanates is 1. The van der Waals surface area contributed by atoms with Crippen LogP contribution in [0, 0.1) is 28.4 Å². The summed E-state index contributed by atoms with van der Waals surface area (Å²) in [6.45, 7) is 14.7. The lowest BCUT2D eigenvalue weighted by atomic mass is 10.2. The Balaban J connectivity index is 2.24. The molecular weight excluding hydrogens is 612 g/mol. The smallest absolute Gasteiger partial charge is 0.251 e. The zero-order valence-corrected chi connectivity index (χ0v) is 28.8. The lowest BCUT2D eigenvalue weighted by molar-refractivity contribution is -0.126. The van der Waals surface area contributed by atoms with Crippen LogP contribution in [0.3, 0.4) is 0 Å². The zero-order chi connectivity index (χ0) is 33.9. The van der Waals surface area contributed by atoms with Crippen LogP contribution in [0.15, 0.2) is 24.3 Å². The first-order valence-corrected chi connectivity index (χ1v) is 16.5. The molecule has 46 heavy (non-hydrogen) atoms. The first kappa shape index (κ1) is 41.1. The number of carbonyl (C=O) groups is 2. The monoisotopic (exact) mass is 664 g/mol. The fraction of sp³-hybridized carbons (Fsp3) is 0.667. The van der Waals surface area contributed by atoms with E-state index < -0.39 is 4.93 Å². The maximum atomic E-state index is 12.6. The van der Waals surface area contributed by atoms with Crippen LogP contribution in [0.2, 0.25) is 0 Å². The first-order chi connectivity index (χ1) is 22.1. The third kappa shape index (κ3) is 22.6. The minimum atomic E-state index is -0.996. The summed E-state index contributed by atoms with van der Waals surface area (Å²) in [5.74, 6) is 6.01. The van der Waals surface area contributed by atoms with Crippen LogP contribution in [0.1, 0.15) is 51.4 Å². The van der Waals surface area contributed by atoms with Gasteiger partial charge in [-0.2, -0.15) is 5.26 Å². The minimum absolute atomic E-state index is 0.0448. The molecule has 0 saturated carbocycles. The average molecular weight is 665 g/mol. The molecule has 1 unspecified atom stereocenters. The lowest BCUT2D eigenvalue weighted by Crippen LogP contribution is -2.34. The number of hydrogen-bond acceptors (Lipinski definition) is 11. The lowest BCUT2D eigenvalue weighted by Gasteiger charge is -2.26. The first-order valence-electron chi connectivity index (χ1n) is 15.7. The summed E-state index contributed by atoms with van der Waals surface area (Å²) in [6, 6.07) is 7.23. The molecule has 2 amide bonds. The second-order valence-corrected chi connectivity index (χ2v) is 12.1. The SMILES string of the molecule is CC(C)C#CCNC(=O)COCCOC(C)(COc1cccc(C(=O)NCCOCCOCCOCCCNC(C)C)c1)SC#N. The number of nitrogens with one attached hydrogen (secondary N) is 3. The number of benzene rings is 1. The number of nitrogens with zero attached hydrogens (tertiary/aromatic N) is 1. The molecule has 0 bridgehead atoms. The van der Waals surface area contributed by atoms with E-state index >= 15 is 0 Å².